The molecule has 25 heavy (non-hydrogen) atoms. The molecule has 0 fully saturated rings. The summed E-state index contributed by atoms with van der Waals surface area (Å²) < 4.78 is 1.77. The van der Waals surface area contributed by atoms with Crippen molar-refractivity contribution in [2.45, 2.75) is 26.8 Å². The summed E-state index contributed by atoms with van der Waals surface area (Å²) in [5.74, 6) is -0.0744. The van der Waals surface area contributed by atoms with E-state index in [2.05, 4.69) is 29.5 Å². The van der Waals surface area contributed by atoms with Gasteiger partial charge in [-0.2, -0.15) is 5.10 Å². The molecule has 1 heterocycles. The number of aryl methyl sites for hydroxylation is 3. The molecule has 0 radical (unpaired) electrons. The first-order valence-corrected chi connectivity index (χ1v) is 8.43. The van der Waals surface area contributed by atoms with Crippen molar-refractivity contribution in [3.8, 4) is 11.1 Å². The van der Waals surface area contributed by atoms with E-state index in [4.69, 9.17) is 0 Å². The van der Waals surface area contributed by atoms with E-state index in [-0.39, 0.29) is 11.9 Å². The van der Waals surface area contributed by atoms with Crippen LogP contribution in [0.2, 0.25) is 0 Å². The van der Waals surface area contributed by atoms with Crippen LogP contribution in [0.5, 0.6) is 0 Å². The Morgan fingerprint density at radius 2 is 1.68 bits per heavy atom. The Morgan fingerprint density at radius 3 is 2.32 bits per heavy atom. The highest BCUT2D eigenvalue weighted by Crippen LogP contribution is 2.27. The van der Waals surface area contributed by atoms with Crippen molar-refractivity contribution in [1.82, 2.24) is 15.1 Å². The Labute approximate surface area is 148 Å². The second-order valence-corrected chi connectivity index (χ2v) is 6.40. The van der Waals surface area contributed by atoms with Crippen molar-refractivity contribution in [3.63, 3.8) is 0 Å². The van der Waals surface area contributed by atoms with Crippen LogP contribution in [-0.2, 0) is 7.05 Å². The predicted octanol–water partition coefficient (Wildman–Crippen LogP) is 4.19. The highest BCUT2D eigenvalue weighted by atomic mass is 16.1. The molecule has 0 saturated carbocycles. The van der Waals surface area contributed by atoms with Crippen LogP contribution in [0.15, 0.2) is 54.7 Å². The van der Waals surface area contributed by atoms with Gasteiger partial charge in [-0.05, 0) is 43.5 Å². The standard InChI is InChI=1S/C21H23N3O/c1-14-9-5-6-10-17(14)18-11-7-8-12-19(18)21(25)22-15(2)20-13-24(4)23-16(20)3/h5-13,15H,1-4H3,(H,22,25)/t15-/m0/s1. The van der Waals surface area contributed by atoms with E-state index in [1.165, 1.54) is 0 Å². The van der Waals surface area contributed by atoms with E-state index < -0.39 is 0 Å². The zero-order chi connectivity index (χ0) is 18.0. The van der Waals surface area contributed by atoms with Gasteiger partial charge in [-0.25, -0.2) is 0 Å². The molecule has 0 aliphatic rings. The maximum atomic E-state index is 12.9. The minimum atomic E-state index is -0.105. The molecule has 0 bridgehead atoms. The number of carbonyl (C=O) groups is 1. The van der Waals surface area contributed by atoms with Crippen molar-refractivity contribution in [2.24, 2.45) is 7.05 Å². The predicted molar refractivity (Wildman–Crippen MR) is 100 cm³/mol. The van der Waals surface area contributed by atoms with Gasteiger partial charge in [-0.15, -0.1) is 0 Å². The van der Waals surface area contributed by atoms with Crippen molar-refractivity contribution >= 4 is 5.91 Å². The van der Waals surface area contributed by atoms with Gasteiger partial charge in [-0.1, -0.05) is 42.5 Å². The molecule has 3 rings (SSSR count). The first kappa shape index (κ1) is 17.0. The number of amides is 1. The molecule has 1 N–H and O–H groups in total. The Bertz CT molecular complexity index is 911. The fourth-order valence-corrected chi connectivity index (χ4v) is 3.19. The highest BCUT2D eigenvalue weighted by Gasteiger charge is 2.18. The van der Waals surface area contributed by atoms with E-state index in [9.17, 15) is 4.79 Å². The molecule has 4 nitrogen and oxygen atoms in total. The lowest BCUT2D eigenvalue weighted by molar-refractivity contribution is 0.0940. The number of hydrogen-bond acceptors (Lipinski definition) is 2. The van der Waals surface area contributed by atoms with Gasteiger partial charge in [0.25, 0.3) is 5.91 Å². The summed E-state index contributed by atoms with van der Waals surface area (Å²) in [5, 5.41) is 7.46. The summed E-state index contributed by atoms with van der Waals surface area (Å²) in [5.41, 5.74) is 5.84. The molecule has 0 saturated heterocycles. The fourth-order valence-electron chi connectivity index (χ4n) is 3.19. The van der Waals surface area contributed by atoms with E-state index in [1.54, 1.807) is 4.68 Å². The second kappa shape index (κ2) is 6.93. The topological polar surface area (TPSA) is 46.9 Å². The lowest BCUT2D eigenvalue weighted by Crippen LogP contribution is -2.27. The Morgan fingerprint density at radius 1 is 1.04 bits per heavy atom. The summed E-state index contributed by atoms with van der Waals surface area (Å²) in [6.45, 7) is 6.00. The number of nitrogens with zero attached hydrogens (tertiary/aromatic N) is 2. The molecule has 4 heteroatoms. The highest BCUT2D eigenvalue weighted by molar-refractivity contribution is 6.01. The van der Waals surface area contributed by atoms with Crippen LogP contribution in [0.1, 0.15) is 40.1 Å². The molecular formula is C21H23N3O. The number of aromatic nitrogens is 2. The molecule has 128 valence electrons. The molecular weight excluding hydrogens is 310 g/mol. The first-order valence-electron chi connectivity index (χ1n) is 8.43. The molecule has 1 aromatic heterocycles. The van der Waals surface area contributed by atoms with Crippen LogP contribution in [0, 0.1) is 13.8 Å². The third kappa shape index (κ3) is 3.48. The first-order chi connectivity index (χ1) is 12.0. The van der Waals surface area contributed by atoms with Gasteiger partial charge >= 0.3 is 0 Å². The van der Waals surface area contributed by atoms with Crippen molar-refractivity contribution in [2.75, 3.05) is 0 Å². The molecule has 1 atom stereocenters. The fraction of sp³-hybridized carbons (Fsp3) is 0.238. The number of hydrogen-bond donors (Lipinski definition) is 1. The van der Waals surface area contributed by atoms with Crippen LogP contribution >= 0.6 is 0 Å². The minimum absolute atomic E-state index is 0.0744. The van der Waals surface area contributed by atoms with E-state index in [1.807, 2.05) is 63.5 Å². The molecule has 0 unspecified atom stereocenters. The molecule has 1 amide bonds. The smallest absolute Gasteiger partial charge is 0.252 e. The van der Waals surface area contributed by atoms with Gasteiger partial charge in [0.1, 0.15) is 0 Å². The summed E-state index contributed by atoms with van der Waals surface area (Å²) >= 11 is 0. The molecule has 3 aromatic rings. The molecule has 0 spiro atoms. The summed E-state index contributed by atoms with van der Waals surface area (Å²) in [6, 6.07) is 15.8. The van der Waals surface area contributed by atoms with E-state index in [0.29, 0.717) is 5.56 Å². The van der Waals surface area contributed by atoms with E-state index in [0.717, 1.165) is 27.9 Å². The summed E-state index contributed by atoms with van der Waals surface area (Å²) in [7, 11) is 1.89. The van der Waals surface area contributed by atoms with Crippen molar-refractivity contribution in [1.29, 1.82) is 0 Å². The van der Waals surface area contributed by atoms with Gasteiger partial charge in [0.05, 0.1) is 11.7 Å². The van der Waals surface area contributed by atoms with Gasteiger partial charge in [0.15, 0.2) is 0 Å². The quantitative estimate of drug-likeness (QED) is 0.778. The average Bonchev–Trinajstić information content (AvgIpc) is 2.94. The SMILES string of the molecule is Cc1ccccc1-c1ccccc1C(=O)N[C@@H](C)c1cn(C)nc1C. The number of nitrogens with one attached hydrogen (secondary N) is 1. The maximum absolute atomic E-state index is 12.9. The summed E-state index contributed by atoms with van der Waals surface area (Å²) in [4.78, 5) is 12.9. The maximum Gasteiger partial charge on any atom is 0.252 e. The minimum Gasteiger partial charge on any atom is -0.345 e. The Kier molecular flexibility index (Phi) is 4.70. The molecule has 0 aliphatic heterocycles. The Hall–Kier alpha value is -2.88. The molecule has 2 aromatic carbocycles. The van der Waals surface area contributed by atoms with Crippen molar-refractivity contribution < 1.29 is 4.79 Å². The van der Waals surface area contributed by atoms with Gasteiger partial charge in [0.2, 0.25) is 0 Å². The van der Waals surface area contributed by atoms with Crippen molar-refractivity contribution in [3.05, 3.63) is 77.1 Å². The molecule has 0 aliphatic carbocycles. The van der Waals surface area contributed by atoms with Gasteiger partial charge in [0, 0.05) is 24.4 Å². The second-order valence-electron chi connectivity index (χ2n) is 6.40. The summed E-state index contributed by atoms with van der Waals surface area (Å²) in [6.07, 6.45) is 1.95. The zero-order valence-electron chi connectivity index (χ0n) is 15.1. The van der Waals surface area contributed by atoms with Crippen LogP contribution in [0.4, 0.5) is 0 Å². The lowest BCUT2D eigenvalue weighted by atomic mass is 9.95. The third-order valence-corrected chi connectivity index (χ3v) is 4.47. The van der Waals surface area contributed by atoms with E-state index >= 15 is 0 Å². The Balaban J connectivity index is 1.91. The van der Waals surface area contributed by atoms with Gasteiger partial charge < -0.3 is 5.32 Å². The zero-order valence-corrected chi connectivity index (χ0v) is 15.1. The number of carbonyl (C=O) groups excluding carboxylic acids is 1. The van der Waals surface area contributed by atoms with Crippen LogP contribution in [-0.4, -0.2) is 15.7 Å². The number of benzene rings is 2. The average molecular weight is 333 g/mol. The normalized spacial score (nSPS) is 12.0. The lowest BCUT2D eigenvalue weighted by Gasteiger charge is -2.16. The van der Waals surface area contributed by atoms with Gasteiger partial charge in [-0.3, -0.25) is 9.48 Å². The largest absolute Gasteiger partial charge is 0.345 e. The van der Waals surface area contributed by atoms with Crippen LogP contribution < -0.4 is 5.32 Å². The van der Waals surface area contributed by atoms with Crippen LogP contribution in [0.3, 0.4) is 0 Å². The number of rotatable bonds is 4. The monoisotopic (exact) mass is 333 g/mol. The van der Waals surface area contributed by atoms with Crippen LogP contribution in [0.25, 0.3) is 11.1 Å². The third-order valence-electron chi connectivity index (χ3n) is 4.47.